The fourth-order valence-electron chi connectivity index (χ4n) is 0.960. The summed E-state index contributed by atoms with van der Waals surface area (Å²) in [7, 11) is 0. The third-order valence-electron chi connectivity index (χ3n) is 1.56. The molecule has 0 bridgehead atoms. The number of hydrogen-bond donors (Lipinski definition) is 2. The van der Waals surface area contributed by atoms with E-state index in [9.17, 15) is 9.59 Å². The molecule has 0 radical (unpaired) electrons. The van der Waals surface area contributed by atoms with E-state index in [2.05, 4.69) is 0 Å². The molecule has 0 aliphatic carbocycles. The highest BCUT2D eigenvalue weighted by atomic mass is 16.4. The Balaban J connectivity index is 4.02. The van der Waals surface area contributed by atoms with E-state index in [1.54, 1.807) is 13.8 Å². The quantitative estimate of drug-likeness (QED) is 0.638. The summed E-state index contributed by atoms with van der Waals surface area (Å²) in [5.74, 6) is -1.88. The van der Waals surface area contributed by atoms with Gasteiger partial charge in [0.2, 0.25) is 0 Å². The Morgan fingerprint density at radius 3 is 2.23 bits per heavy atom. The van der Waals surface area contributed by atoms with E-state index in [1.165, 1.54) is 6.08 Å². The zero-order chi connectivity index (χ0) is 10.5. The van der Waals surface area contributed by atoms with Crippen molar-refractivity contribution >= 4 is 11.9 Å². The van der Waals surface area contributed by atoms with E-state index >= 15 is 0 Å². The molecular weight excluding hydrogens is 172 g/mol. The van der Waals surface area contributed by atoms with Crippen LogP contribution in [-0.4, -0.2) is 22.2 Å². The molecule has 0 saturated heterocycles. The summed E-state index contributed by atoms with van der Waals surface area (Å²) in [6, 6.07) is 0. The van der Waals surface area contributed by atoms with Crippen molar-refractivity contribution in [1.29, 1.82) is 0 Å². The molecule has 74 valence electrons. The Bertz CT molecular complexity index is 228. The van der Waals surface area contributed by atoms with Crippen molar-refractivity contribution in [1.82, 2.24) is 0 Å². The lowest BCUT2D eigenvalue weighted by atomic mass is 9.86. The number of aliphatic carboxylic acids is 2. The van der Waals surface area contributed by atoms with Gasteiger partial charge in [-0.25, -0.2) is 4.79 Å². The molecule has 0 saturated carbocycles. The molecule has 0 aromatic heterocycles. The van der Waals surface area contributed by atoms with Crippen LogP contribution in [0.5, 0.6) is 0 Å². The van der Waals surface area contributed by atoms with Crippen LogP contribution in [0.15, 0.2) is 12.2 Å². The summed E-state index contributed by atoms with van der Waals surface area (Å²) in [5, 5.41) is 16.8. The monoisotopic (exact) mass is 186 g/mol. The van der Waals surface area contributed by atoms with E-state index in [1.807, 2.05) is 0 Å². The van der Waals surface area contributed by atoms with Gasteiger partial charge in [-0.2, -0.15) is 0 Å². The van der Waals surface area contributed by atoms with Crippen LogP contribution in [0.4, 0.5) is 0 Å². The molecule has 0 aromatic rings. The predicted molar refractivity (Wildman–Crippen MR) is 47.4 cm³/mol. The van der Waals surface area contributed by atoms with Gasteiger partial charge in [0.15, 0.2) is 0 Å². The molecule has 0 spiro atoms. The third kappa shape index (κ3) is 7.05. The molecule has 0 fully saturated rings. The summed E-state index contributed by atoms with van der Waals surface area (Å²) in [6.45, 7) is 3.57. The Kier molecular flexibility index (Phi) is 4.17. The largest absolute Gasteiger partial charge is 0.481 e. The molecule has 0 amide bonds. The second kappa shape index (κ2) is 4.64. The zero-order valence-electron chi connectivity index (χ0n) is 7.78. The zero-order valence-corrected chi connectivity index (χ0v) is 7.78. The molecule has 0 heterocycles. The van der Waals surface area contributed by atoms with E-state index in [0.29, 0.717) is 6.42 Å². The molecule has 0 atom stereocenters. The van der Waals surface area contributed by atoms with E-state index < -0.39 is 17.4 Å². The Labute approximate surface area is 76.9 Å². The topological polar surface area (TPSA) is 74.6 Å². The van der Waals surface area contributed by atoms with Gasteiger partial charge >= 0.3 is 11.9 Å². The van der Waals surface area contributed by atoms with Gasteiger partial charge in [-0.1, -0.05) is 19.9 Å². The Morgan fingerprint density at radius 1 is 1.31 bits per heavy atom. The van der Waals surface area contributed by atoms with Gasteiger partial charge in [0.05, 0.1) is 6.42 Å². The minimum absolute atomic E-state index is 0.0386. The minimum atomic E-state index is -1.01. The van der Waals surface area contributed by atoms with Crippen molar-refractivity contribution < 1.29 is 19.8 Å². The number of carbonyl (C=O) groups is 2. The minimum Gasteiger partial charge on any atom is -0.481 e. The molecule has 0 unspecified atom stereocenters. The van der Waals surface area contributed by atoms with Crippen molar-refractivity contribution in [3.8, 4) is 0 Å². The maximum absolute atomic E-state index is 10.4. The van der Waals surface area contributed by atoms with Gasteiger partial charge in [0.25, 0.3) is 0 Å². The molecule has 0 rings (SSSR count). The summed E-state index contributed by atoms with van der Waals surface area (Å²) in [6.07, 6.45) is 3.00. The number of allylic oxidation sites excluding steroid dienone is 1. The number of carboxylic acid groups (broad SMARTS) is 2. The lowest BCUT2D eigenvalue weighted by Crippen LogP contribution is -2.15. The van der Waals surface area contributed by atoms with Gasteiger partial charge in [0.1, 0.15) is 0 Å². The molecule has 4 heteroatoms. The average Bonchev–Trinajstić information content (AvgIpc) is 1.81. The smallest absolute Gasteiger partial charge is 0.327 e. The Hall–Kier alpha value is -1.32. The van der Waals surface area contributed by atoms with Crippen LogP contribution >= 0.6 is 0 Å². The second-order valence-corrected chi connectivity index (χ2v) is 3.68. The lowest BCUT2D eigenvalue weighted by Gasteiger charge is -2.19. The van der Waals surface area contributed by atoms with Gasteiger partial charge in [-0.15, -0.1) is 0 Å². The van der Waals surface area contributed by atoms with Gasteiger partial charge in [-0.3, -0.25) is 4.79 Å². The number of hydrogen-bond acceptors (Lipinski definition) is 2. The highest BCUT2D eigenvalue weighted by molar-refractivity contribution is 5.79. The van der Waals surface area contributed by atoms with Crippen molar-refractivity contribution in [3.05, 3.63) is 12.2 Å². The van der Waals surface area contributed by atoms with Crippen molar-refractivity contribution in [3.63, 3.8) is 0 Å². The maximum Gasteiger partial charge on any atom is 0.327 e. The fourth-order valence-corrected chi connectivity index (χ4v) is 0.960. The molecular formula is C9H14O4. The van der Waals surface area contributed by atoms with Crippen molar-refractivity contribution in [2.75, 3.05) is 0 Å². The van der Waals surface area contributed by atoms with Crippen LogP contribution in [0.25, 0.3) is 0 Å². The summed E-state index contributed by atoms with van der Waals surface area (Å²) in [5.41, 5.74) is -0.391. The average molecular weight is 186 g/mol. The van der Waals surface area contributed by atoms with Gasteiger partial charge < -0.3 is 10.2 Å². The van der Waals surface area contributed by atoms with Gasteiger partial charge in [0, 0.05) is 6.08 Å². The van der Waals surface area contributed by atoms with Crippen LogP contribution < -0.4 is 0 Å². The normalized spacial score (nSPS) is 11.8. The number of rotatable bonds is 5. The highest BCUT2D eigenvalue weighted by Gasteiger charge is 2.19. The molecule has 0 aliphatic rings. The first-order valence-electron chi connectivity index (χ1n) is 3.95. The van der Waals surface area contributed by atoms with Gasteiger partial charge in [-0.05, 0) is 11.8 Å². The van der Waals surface area contributed by atoms with Crippen LogP contribution in [0.2, 0.25) is 0 Å². The molecule has 0 aliphatic heterocycles. The third-order valence-corrected chi connectivity index (χ3v) is 1.56. The van der Waals surface area contributed by atoms with E-state index in [4.69, 9.17) is 10.2 Å². The Morgan fingerprint density at radius 2 is 1.85 bits per heavy atom. The highest BCUT2D eigenvalue weighted by Crippen LogP contribution is 2.25. The summed E-state index contributed by atoms with van der Waals surface area (Å²) in [4.78, 5) is 20.5. The second-order valence-electron chi connectivity index (χ2n) is 3.68. The molecule has 13 heavy (non-hydrogen) atoms. The SMILES string of the molecule is CC(C)(CC=CC(=O)O)CC(=O)O. The number of carboxylic acids is 2. The van der Waals surface area contributed by atoms with Crippen LogP contribution in [0.1, 0.15) is 26.7 Å². The van der Waals surface area contributed by atoms with E-state index in [-0.39, 0.29) is 6.42 Å². The van der Waals surface area contributed by atoms with Crippen LogP contribution in [-0.2, 0) is 9.59 Å². The molecule has 4 nitrogen and oxygen atoms in total. The predicted octanol–water partition coefficient (Wildman–Crippen LogP) is 1.52. The standard InChI is InChI=1S/C9H14O4/c1-9(2,6-8(12)13)5-3-4-7(10)11/h3-4H,5-6H2,1-2H3,(H,10,11)(H,12,13). The van der Waals surface area contributed by atoms with Crippen molar-refractivity contribution in [2.24, 2.45) is 5.41 Å². The van der Waals surface area contributed by atoms with Crippen molar-refractivity contribution in [2.45, 2.75) is 26.7 Å². The fraction of sp³-hybridized carbons (Fsp3) is 0.556. The summed E-state index contributed by atoms with van der Waals surface area (Å²) >= 11 is 0. The summed E-state index contributed by atoms with van der Waals surface area (Å²) < 4.78 is 0. The van der Waals surface area contributed by atoms with E-state index in [0.717, 1.165) is 6.08 Å². The lowest BCUT2D eigenvalue weighted by molar-refractivity contribution is -0.139. The first kappa shape index (κ1) is 11.7. The first-order chi connectivity index (χ1) is 5.83. The maximum atomic E-state index is 10.4. The van der Waals surface area contributed by atoms with Crippen LogP contribution in [0.3, 0.4) is 0 Å². The molecule has 2 N–H and O–H groups in total. The van der Waals surface area contributed by atoms with Crippen LogP contribution in [0, 0.1) is 5.41 Å². The molecule has 0 aromatic carbocycles. The first-order valence-corrected chi connectivity index (χ1v) is 3.95.